The summed E-state index contributed by atoms with van der Waals surface area (Å²) in [6.45, 7) is 1.96. The van der Waals surface area contributed by atoms with E-state index in [2.05, 4.69) is 21.2 Å². The minimum atomic E-state index is -0.0556. The molecule has 0 saturated carbocycles. The molecular weight excluding hydrogens is 318 g/mol. The maximum absolute atomic E-state index is 12.1. The van der Waals surface area contributed by atoms with Gasteiger partial charge in [-0.2, -0.15) is 0 Å². The molecule has 0 unspecified atom stereocenters. The van der Waals surface area contributed by atoms with Crippen LogP contribution in [0.1, 0.15) is 11.1 Å². The number of carbonyl (C=O) groups excluding carboxylic acids is 1. The third kappa shape index (κ3) is 3.61. The van der Waals surface area contributed by atoms with E-state index in [1.54, 1.807) is 7.11 Å². The summed E-state index contributed by atoms with van der Waals surface area (Å²) >= 11 is 3.41. The van der Waals surface area contributed by atoms with Crippen LogP contribution in [0.2, 0.25) is 0 Å². The highest BCUT2D eigenvalue weighted by molar-refractivity contribution is 9.10. The van der Waals surface area contributed by atoms with E-state index in [1.165, 1.54) is 0 Å². The number of nitrogens with one attached hydrogen (secondary N) is 1. The van der Waals surface area contributed by atoms with Crippen LogP contribution >= 0.6 is 15.9 Å². The van der Waals surface area contributed by atoms with Gasteiger partial charge in [0.25, 0.3) is 0 Å². The molecule has 2 rings (SSSR count). The highest BCUT2D eigenvalue weighted by Crippen LogP contribution is 2.21. The first-order valence-corrected chi connectivity index (χ1v) is 7.07. The molecule has 4 heteroatoms. The number of anilines is 1. The number of aryl methyl sites for hydroxylation is 1. The van der Waals surface area contributed by atoms with E-state index in [4.69, 9.17) is 4.74 Å². The molecule has 1 N–H and O–H groups in total. The topological polar surface area (TPSA) is 38.3 Å². The van der Waals surface area contributed by atoms with E-state index in [1.807, 2.05) is 49.4 Å². The van der Waals surface area contributed by atoms with Gasteiger partial charge < -0.3 is 10.1 Å². The predicted octanol–water partition coefficient (Wildman–Crippen LogP) is 3.95. The van der Waals surface area contributed by atoms with Crippen molar-refractivity contribution in [1.29, 1.82) is 0 Å². The SMILES string of the molecule is COc1ccccc1CC(=O)Nc1ccc(Br)cc1C. The number of rotatable bonds is 4. The van der Waals surface area contributed by atoms with E-state index in [0.29, 0.717) is 6.42 Å². The lowest BCUT2D eigenvalue weighted by molar-refractivity contribution is -0.115. The number of hydrogen-bond acceptors (Lipinski definition) is 2. The summed E-state index contributed by atoms with van der Waals surface area (Å²) < 4.78 is 6.25. The van der Waals surface area contributed by atoms with Crippen molar-refractivity contribution in [3.8, 4) is 5.75 Å². The largest absolute Gasteiger partial charge is 0.496 e. The normalized spacial score (nSPS) is 10.2. The Balaban J connectivity index is 2.09. The number of benzene rings is 2. The Morgan fingerprint density at radius 1 is 1.25 bits per heavy atom. The summed E-state index contributed by atoms with van der Waals surface area (Å²) in [4.78, 5) is 12.1. The van der Waals surface area contributed by atoms with E-state index in [-0.39, 0.29) is 5.91 Å². The zero-order valence-corrected chi connectivity index (χ0v) is 13.0. The Hall–Kier alpha value is -1.81. The van der Waals surface area contributed by atoms with Crippen LogP contribution in [0.4, 0.5) is 5.69 Å². The van der Waals surface area contributed by atoms with Crippen LogP contribution in [0.3, 0.4) is 0 Å². The van der Waals surface area contributed by atoms with Gasteiger partial charge in [0, 0.05) is 15.7 Å². The van der Waals surface area contributed by atoms with Crippen molar-refractivity contribution < 1.29 is 9.53 Å². The number of halogens is 1. The average Bonchev–Trinajstić information content (AvgIpc) is 2.42. The second kappa shape index (κ2) is 6.57. The molecule has 0 radical (unpaired) electrons. The van der Waals surface area contributed by atoms with E-state index < -0.39 is 0 Å². The van der Waals surface area contributed by atoms with E-state index >= 15 is 0 Å². The first-order chi connectivity index (χ1) is 9.60. The summed E-state index contributed by atoms with van der Waals surface area (Å²) in [7, 11) is 1.61. The second-order valence-corrected chi connectivity index (χ2v) is 5.41. The summed E-state index contributed by atoms with van der Waals surface area (Å²) in [5, 5.41) is 2.92. The van der Waals surface area contributed by atoms with Gasteiger partial charge in [-0.25, -0.2) is 0 Å². The number of ether oxygens (including phenoxy) is 1. The van der Waals surface area contributed by atoms with Crippen molar-refractivity contribution >= 4 is 27.5 Å². The van der Waals surface area contributed by atoms with Crippen LogP contribution in [-0.2, 0) is 11.2 Å². The minimum Gasteiger partial charge on any atom is -0.496 e. The van der Waals surface area contributed by atoms with Crippen LogP contribution in [-0.4, -0.2) is 13.0 Å². The van der Waals surface area contributed by atoms with Crippen LogP contribution in [0.5, 0.6) is 5.75 Å². The average molecular weight is 334 g/mol. The molecule has 0 aliphatic carbocycles. The Morgan fingerprint density at radius 3 is 2.70 bits per heavy atom. The van der Waals surface area contributed by atoms with Gasteiger partial charge in [-0.3, -0.25) is 4.79 Å². The summed E-state index contributed by atoms with van der Waals surface area (Å²) in [6.07, 6.45) is 0.291. The van der Waals surface area contributed by atoms with Gasteiger partial charge >= 0.3 is 0 Å². The standard InChI is InChI=1S/C16H16BrNO2/c1-11-9-13(17)7-8-14(11)18-16(19)10-12-5-3-4-6-15(12)20-2/h3-9H,10H2,1-2H3,(H,18,19). The molecule has 2 aromatic carbocycles. The molecule has 104 valence electrons. The van der Waals surface area contributed by atoms with Crippen molar-refractivity contribution in [3.05, 3.63) is 58.1 Å². The highest BCUT2D eigenvalue weighted by atomic mass is 79.9. The van der Waals surface area contributed by atoms with E-state index in [0.717, 1.165) is 27.0 Å². The number of amides is 1. The van der Waals surface area contributed by atoms with Crippen LogP contribution in [0.15, 0.2) is 46.9 Å². The summed E-state index contributed by atoms with van der Waals surface area (Å²) in [5.74, 6) is 0.676. The molecule has 0 atom stereocenters. The quantitative estimate of drug-likeness (QED) is 0.919. The predicted molar refractivity (Wildman–Crippen MR) is 84.2 cm³/mol. The van der Waals surface area contributed by atoms with Gasteiger partial charge in [-0.15, -0.1) is 0 Å². The molecule has 1 amide bonds. The van der Waals surface area contributed by atoms with Crippen molar-refractivity contribution in [2.75, 3.05) is 12.4 Å². The number of hydrogen-bond donors (Lipinski definition) is 1. The minimum absolute atomic E-state index is 0.0556. The van der Waals surface area contributed by atoms with Crippen LogP contribution < -0.4 is 10.1 Å². The third-order valence-electron chi connectivity index (χ3n) is 3.01. The molecule has 0 spiro atoms. The Kier molecular flexibility index (Phi) is 4.79. The fourth-order valence-corrected chi connectivity index (χ4v) is 2.46. The van der Waals surface area contributed by atoms with Crippen LogP contribution in [0, 0.1) is 6.92 Å². The molecule has 0 aliphatic heterocycles. The van der Waals surface area contributed by atoms with Gasteiger partial charge in [-0.05, 0) is 36.8 Å². The first kappa shape index (κ1) is 14.6. The molecule has 3 nitrogen and oxygen atoms in total. The molecule has 20 heavy (non-hydrogen) atoms. The molecule has 2 aromatic rings. The molecule has 0 heterocycles. The zero-order valence-electron chi connectivity index (χ0n) is 11.4. The van der Waals surface area contributed by atoms with Crippen LogP contribution in [0.25, 0.3) is 0 Å². The summed E-state index contributed by atoms with van der Waals surface area (Å²) in [6, 6.07) is 13.3. The van der Waals surface area contributed by atoms with Gasteiger partial charge in [0.15, 0.2) is 0 Å². The maximum atomic E-state index is 12.1. The third-order valence-corrected chi connectivity index (χ3v) is 3.50. The molecular formula is C16H16BrNO2. The van der Waals surface area contributed by atoms with Gasteiger partial charge in [-0.1, -0.05) is 34.1 Å². The fourth-order valence-electron chi connectivity index (χ4n) is 1.98. The molecule has 0 aliphatic rings. The lowest BCUT2D eigenvalue weighted by Crippen LogP contribution is -2.15. The van der Waals surface area contributed by atoms with Gasteiger partial charge in [0.2, 0.25) is 5.91 Å². The number of para-hydroxylation sites is 1. The van der Waals surface area contributed by atoms with Crippen molar-refractivity contribution in [2.45, 2.75) is 13.3 Å². The van der Waals surface area contributed by atoms with Gasteiger partial charge in [0.05, 0.1) is 13.5 Å². The molecule has 0 bridgehead atoms. The first-order valence-electron chi connectivity index (χ1n) is 6.28. The van der Waals surface area contributed by atoms with Crippen molar-refractivity contribution in [3.63, 3.8) is 0 Å². The Bertz CT molecular complexity index is 626. The van der Waals surface area contributed by atoms with Crippen molar-refractivity contribution in [1.82, 2.24) is 0 Å². The van der Waals surface area contributed by atoms with Gasteiger partial charge in [0.1, 0.15) is 5.75 Å². The fraction of sp³-hybridized carbons (Fsp3) is 0.188. The smallest absolute Gasteiger partial charge is 0.228 e. The lowest BCUT2D eigenvalue weighted by Gasteiger charge is -2.10. The maximum Gasteiger partial charge on any atom is 0.228 e. The number of methoxy groups -OCH3 is 1. The molecule has 0 saturated heterocycles. The Labute approximate surface area is 127 Å². The zero-order chi connectivity index (χ0) is 14.5. The Morgan fingerprint density at radius 2 is 2.00 bits per heavy atom. The monoisotopic (exact) mass is 333 g/mol. The molecule has 0 aromatic heterocycles. The van der Waals surface area contributed by atoms with Crippen molar-refractivity contribution in [2.24, 2.45) is 0 Å². The summed E-state index contributed by atoms with van der Waals surface area (Å²) in [5.41, 5.74) is 2.73. The molecule has 0 fully saturated rings. The second-order valence-electron chi connectivity index (χ2n) is 4.50. The van der Waals surface area contributed by atoms with E-state index in [9.17, 15) is 4.79 Å². The number of carbonyl (C=O) groups is 1. The lowest BCUT2D eigenvalue weighted by atomic mass is 10.1. The highest BCUT2D eigenvalue weighted by Gasteiger charge is 2.09.